The van der Waals surface area contributed by atoms with Gasteiger partial charge in [-0.2, -0.15) is 0 Å². The van der Waals surface area contributed by atoms with Crippen LogP contribution in [0.25, 0.3) is 0 Å². The van der Waals surface area contributed by atoms with Crippen LogP contribution in [0.3, 0.4) is 0 Å². The Hall–Kier alpha value is -3.60. The summed E-state index contributed by atoms with van der Waals surface area (Å²) >= 11 is 0. The molecule has 0 aromatic carbocycles. The van der Waals surface area contributed by atoms with Gasteiger partial charge in [0.2, 0.25) is 17.7 Å². The number of nitrogens with two attached hydrogens (primary N) is 1. The molecule has 2 atom stereocenters. The average molecular weight is 480 g/mol. The topological polar surface area (TPSA) is 181 Å². The van der Waals surface area contributed by atoms with Gasteiger partial charge in [0.1, 0.15) is 18.4 Å². The van der Waals surface area contributed by atoms with Crippen molar-refractivity contribution >= 4 is 30.0 Å². The number of amides is 3. The summed E-state index contributed by atoms with van der Waals surface area (Å²) in [6.45, 7) is 8.66. The molecule has 0 fully saturated rings. The van der Waals surface area contributed by atoms with Crippen LogP contribution >= 0.6 is 0 Å². The second kappa shape index (κ2) is 20.0. The van der Waals surface area contributed by atoms with Gasteiger partial charge in [-0.1, -0.05) is 20.4 Å². The summed E-state index contributed by atoms with van der Waals surface area (Å²) in [5, 5.41) is 16.0. The Morgan fingerprint density at radius 1 is 1.12 bits per heavy atom. The lowest BCUT2D eigenvalue weighted by Crippen LogP contribution is -2.50. The third-order valence-corrected chi connectivity index (χ3v) is 4.00. The molecule has 3 amide bonds. The van der Waals surface area contributed by atoms with E-state index < -0.39 is 42.3 Å². The largest absolute Gasteiger partial charge is 0.480 e. The van der Waals surface area contributed by atoms with E-state index in [1.807, 2.05) is 32.9 Å². The van der Waals surface area contributed by atoms with Crippen LogP contribution in [0.5, 0.6) is 0 Å². The minimum Gasteiger partial charge on any atom is -0.480 e. The number of rotatable bonds is 12. The molecule has 190 valence electrons. The highest BCUT2D eigenvalue weighted by Crippen LogP contribution is 2.05. The van der Waals surface area contributed by atoms with E-state index in [1.165, 1.54) is 12.6 Å². The van der Waals surface area contributed by atoms with Gasteiger partial charge in [0, 0.05) is 18.8 Å². The second-order valence-corrected chi connectivity index (χ2v) is 7.34. The lowest BCUT2D eigenvalue weighted by molar-refractivity contribution is -0.142. The predicted molar refractivity (Wildman–Crippen MR) is 129 cm³/mol. The number of nitrogens with one attached hydrogen (secondary N) is 3. The number of pyridine rings is 1. The van der Waals surface area contributed by atoms with Gasteiger partial charge in [-0.15, -0.1) is 0 Å². The van der Waals surface area contributed by atoms with Crippen LogP contribution in [0.15, 0.2) is 37.2 Å². The minimum absolute atomic E-state index is 0.00630. The summed E-state index contributed by atoms with van der Waals surface area (Å²) in [5.41, 5.74) is 5.76. The Balaban J connectivity index is 0. The molecule has 11 heteroatoms. The number of hydrogen-bond acceptors (Lipinski definition) is 7. The van der Waals surface area contributed by atoms with Crippen LogP contribution in [0.4, 0.5) is 0 Å². The number of nitrogens with zero attached hydrogens (tertiary/aromatic N) is 1. The zero-order valence-corrected chi connectivity index (χ0v) is 20.2. The van der Waals surface area contributed by atoms with Gasteiger partial charge in [0.15, 0.2) is 0 Å². The van der Waals surface area contributed by atoms with Gasteiger partial charge >= 0.3 is 5.97 Å². The molecule has 0 aliphatic rings. The fourth-order valence-electron chi connectivity index (χ4n) is 2.39. The molecule has 6 N–H and O–H groups in total. The molecule has 0 saturated carbocycles. The third kappa shape index (κ3) is 17.0. The molecule has 1 aromatic heterocycles. The number of carboxylic acid groups (broad SMARTS) is 1. The lowest BCUT2D eigenvalue weighted by Gasteiger charge is -2.20. The fourth-order valence-corrected chi connectivity index (χ4v) is 2.39. The molecule has 0 saturated heterocycles. The molecule has 0 aliphatic heterocycles. The number of hydrogen-bond donors (Lipinski definition) is 5. The first-order chi connectivity index (χ1) is 16.1. The first kappa shape index (κ1) is 32.6. The van der Waals surface area contributed by atoms with E-state index in [0.29, 0.717) is 12.7 Å². The van der Waals surface area contributed by atoms with Gasteiger partial charge in [0.05, 0.1) is 6.54 Å². The average Bonchev–Trinajstić information content (AvgIpc) is 2.81. The zero-order valence-electron chi connectivity index (χ0n) is 20.2. The van der Waals surface area contributed by atoms with Crippen LogP contribution in [0.2, 0.25) is 0 Å². The van der Waals surface area contributed by atoms with Crippen molar-refractivity contribution < 1.29 is 29.1 Å². The van der Waals surface area contributed by atoms with Crippen molar-refractivity contribution in [1.29, 1.82) is 0 Å². The van der Waals surface area contributed by atoms with E-state index in [4.69, 9.17) is 5.11 Å². The zero-order chi connectivity index (χ0) is 26.5. The molecule has 0 spiro atoms. The normalized spacial score (nSPS) is 11.2. The van der Waals surface area contributed by atoms with Crippen molar-refractivity contribution in [3.63, 3.8) is 0 Å². The second-order valence-electron chi connectivity index (χ2n) is 7.34. The number of carbonyl (C=O) groups is 5. The van der Waals surface area contributed by atoms with Gasteiger partial charge in [-0.05, 0) is 56.5 Å². The summed E-state index contributed by atoms with van der Waals surface area (Å²) in [6, 6.07) is 1.91. The predicted octanol–water partition coefficient (Wildman–Crippen LogP) is 0.333. The van der Waals surface area contributed by atoms with Crippen molar-refractivity contribution in [1.82, 2.24) is 20.9 Å². The van der Waals surface area contributed by atoms with Crippen LogP contribution in [-0.2, 0) is 24.0 Å². The number of carbonyl (C=O) groups excluding carboxylic acids is 4. The monoisotopic (exact) mass is 479 g/mol. The van der Waals surface area contributed by atoms with Crippen LogP contribution < -0.4 is 21.7 Å². The van der Waals surface area contributed by atoms with E-state index in [0.717, 1.165) is 6.08 Å². The molecule has 11 nitrogen and oxygen atoms in total. The van der Waals surface area contributed by atoms with Gasteiger partial charge < -0.3 is 31.6 Å². The lowest BCUT2D eigenvalue weighted by atomic mass is 10.0. The Morgan fingerprint density at radius 2 is 1.71 bits per heavy atom. The maximum atomic E-state index is 12.1. The molecule has 2 unspecified atom stereocenters. The smallest absolute Gasteiger partial charge is 0.326 e. The van der Waals surface area contributed by atoms with Crippen LogP contribution in [0.1, 0.15) is 38.7 Å². The fraction of sp³-hybridized carbons (Fsp3) is 0.478. The van der Waals surface area contributed by atoms with Crippen molar-refractivity contribution in [2.75, 3.05) is 13.6 Å². The third-order valence-electron chi connectivity index (χ3n) is 4.00. The molecular weight excluding hydrogens is 442 g/mol. The van der Waals surface area contributed by atoms with E-state index in [-0.39, 0.29) is 18.8 Å². The Labute approximate surface area is 200 Å². The minimum atomic E-state index is -1.27. The first-order valence-corrected chi connectivity index (χ1v) is 10.7. The quantitative estimate of drug-likeness (QED) is 0.210. The Bertz CT molecular complexity index is 770. The molecular formula is C23H37N5O6. The number of carboxylic acids is 1. The summed E-state index contributed by atoms with van der Waals surface area (Å²) in [7, 11) is 1.50. The van der Waals surface area contributed by atoms with Gasteiger partial charge in [-0.25, -0.2) is 4.79 Å². The maximum absolute atomic E-state index is 12.1. The van der Waals surface area contributed by atoms with E-state index in [9.17, 15) is 24.0 Å². The van der Waals surface area contributed by atoms with Crippen molar-refractivity contribution in [3.8, 4) is 0 Å². The SMILES string of the molecule is C=CC(=O)NC(CC(C)C)C(=O)NCC(=O)NC(CCC=O)C(=O)O.CN.Cc1ccncc1. The van der Waals surface area contributed by atoms with E-state index >= 15 is 0 Å². The van der Waals surface area contributed by atoms with Crippen LogP contribution in [0, 0.1) is 12.8 Å². The standard InChI is InChI=1S/C16H25N3O6.C6H7N.CH5N/c1-4-13(21)19-12(8-10(2)3)15(23)17-9-14(22)18-11(16(24)25)6-5-7-20;1-6-2-4-7-5-3-6;1-2/h4,7,10-12H,1,5-6,8-9H2,2-3H3,(H,17,23)(H,18,22)(H,19,21)(H,24,25);2-5H,1H3;2H2,1H3. The summed E-state index contributed by atoms with van der Waals surface area (Å²) < 4.78 is 0. The number of aryl methyl sites for hydroxylation is 1. The molecule has 0 radical (unpaired) electrons. The summed E-state index contributed by atoms with van der Waals surface area (Å²) in [6.07, 6.45) is 5.49. The Kier molecular flexibility index (Phi) is 19.2. The van der Waals surface area contributed by atoms with Gasteiger partial charge in [0.25, 0.3) is 0 Å². The highest BCUT2D eigenvalue weighted by atomic mass is 16.4. The van der Waals surface area contributed by atoms with Crippen molar-refractivity contribution in [3.05, 3.63) is 42.7 Å². The highest BCUT2D eigenvalue weighted by Gasteiger charge is 2.23. The van der Waals surface area contributed by atoms with E-state index in [1.54, 1.807) is 12.4 Å². The molecule has 1 aromatic rings. The number of aldehydes is 1. The Morgan fingerprint density at radius 3 is 2.12 bits per heavy atom. The van der Waals surface area contributed by atoms with E-state index in [2.05, 4.69) is 33.2 Å². The highest BCUT2D eigenvalue weighted by molar-refractivity contribution is 5.94. The molecule has 34 heavy (non-hydrogen) atoms. The number of aromatic nitrogens is 1. The first-order valence-electron chi connectivity index (χ1n) is 10.7. The van der Waals surface area contributed by atoms with Crippen molar-refractivity contribution in [2.24, 2.45) is 11.7 Å². The molecule has 0 bridgehead atoms. The number of aliphatic carboxylic acids is 1. The molecule has 1 rings (SSSR count). The van der Waals surface area contributed by atoms with Crippen LogP contribution in [-0.4, -0.2) is 65.7 Å². The van der Waals surface area contributed by atoms with Gasteiger partial charge in [-0.3, -0.25) is 19.4 Å². The summed E-state index contributed by atoms with van der Waals surface area (Å²) in [4.78, 5) is 60.4. The summed E-state index contributed by atoms with van der Waals surface area (Å²) in [5.74, 6) is -2.92. The maximum Gasteiger partial charge on any atom is 0.326 e. The molecule has 0 aliphatic carbocycles. The molecule has 1 heterocycles. The van der Waals surface area contributed by atoms with Crippen molar-refractivity contribution in [2.45, 2.75) is 52.1 Å².